The largest absolute Gasteiger partial charge is 0.416 e. The van der Waals surface area contributed by atoms with E-state index in [1.54, 1.807) is 18.2 Å². The first kappa shape index (κ1) is 18.9. The maximum absolute atomic E-state index is 14.0. The molecule has 0 unspecified atom stereocenters. The number of aromatic nitrogens is 2. The van der Waals surface area contributed by atoms with E-state index in [4.69, 9.17) is 0 Å². The molecule has 27 heavy (non-hydrogen) atoms. The zero-order valence-corrected chi connectivity index (χ0v) is 14.6. The molecule has 5 nitrogen and oxygen atoms in total. The number of nitrogens with zero attached hydrogens (tertiary/aromatic N) is 1. The Morgan fingerprint density at radius 3 is 2.52 bits per heavy atom. The summed E-state index contributed by atoms with van der Waals surface area (Å²) >= 11 is 0. The number of benzene rings is 1. The van der Waals surface area contributed by atoms with Crippen molar-refractivity contribution in [1.82, 2.24) is 9.97 Å². The molecule has 0 fully saturated rings. The Hall–Kier alpha value is -2.88. The van der Waals surface area contributed by atoms with Gasteiger partial charge < -0.3 is 4.98 Å². The first-order chi connectivity index (χ1) is 12.6. The number of hydrogen-bond donors (Lipinski definition) is 2. The molecule has 142 valence electrons. The van der Waals surface area contributed by atoms with Crippen LogP contribution >= 0.6 is 0 Å². The summed E-state index contributed by atoms with van der Waals surface area (Å²) in [5.41, 5.74) is -1.12. The molecule has 0 amide bonds. The third-order valence-corrected chi connectivity index (χ3v) is 5.12. The fraction of sp³-hybridized carbons (Fsp3) is 0.118. The summed E-state index contributed by atoms with van der Waals surface area (Å²) in [6.07, 6.45) is -2.02. The predicted molar refractivity (Wildman–Crippen MR) is 91.0 cm³/mol. The second-order valence-corrected chi connectivity index (χ2v) is 7.40. The zero-order chi connectivity index (χ0) is 19.8. The van der Waals surface area contributed by atoms with E-state index in [1.165, 1.54) is 18.5 Å². The van der Waals surface area contributed by atoms with Crippen LogP contribution in [0.4, 0.5) is 23.2 Å². The average molecular weight is 399 g/mol. The number of H-pyrrole nitrogens is 1. The van der Waals surface area contributed by atoms with Crippen molar-refractivity contribution in [3.8, 4) is 11.4 Å². The number of aryl methyl sites for hydroxylation is 1. The van der Waals surface area contributed by atoms with E-state index in [-0.39, 0.29) is 16.5 Å². The highest BCUT2D eigenvalue weighted by atomic mass is 32.2. The van der Waals surface area contributed by atoms with Gasteiger partial charge in [-0.1, -0.05) is 6.07 Å². The predicted octanol–water partition coefficient (Wildman–Crippen LogP) is 4.34. The maximum Gasteiger partial charge on any atom is 0.416 e. The molecule has 0 bridgehead atoms. The Morgan fingerprint density at radius 1 is 1.15 bits per heavy atom. The molecular weight excluding hydrogens is 386 g/mol. The lowest BCUT2D eigenvalue weighted by Crippen LogP contribution is -2.15. The van der Waals surface area contributed by atoms with E-state index < -0.39 is 33.3 Å². The Labute approximate surface area is 152 Å². The van der Waals surface area contributed by atoms with Gasteiger partial charge in [0, 0.05) is 12.4 Å². The van der Waals surface area contributed by atoms with Crippen molar-refractivity contribution in [1.29, 1.82) is 0 Å². The highest BCUT2D eigenvalue weighted by Crippen LogP contribution is 2.35. The van der Waals surface area contributed by atoms with Gasteiger partial charge in [0.2, 0.25) is 0 Å². The quantitative estimate of drug-likeness (QED) is 0.641. The number of pyridine rings is 1. The summed E-state index contributed by atoms with van der Waals surface area (Å²) in [6, 6.07) is 7.44. The first-order valence-corrected chi connectivity index (χ1v) is 9.06. The molecule has 10 heteroatoms. The van der Waals surface area contributed by atoms with Crippen molar-refractivity contribution in [2.45, 2.75) is 18.0 Å². The number of aromatic amines is 1. The topological polar surface area (TPSA) is 74.8 Å². The summed E-state index contributed by atoms with van der Waals surface area (Å²) in [5.74, 6) is -1.32. The van der Waals surface area contributed by atoms with Crippen molar-refractivity contribution < 1.29 is 26.0 Å². The molecule has 2 heterocycles. The van der Waals surface area contributed by atoms with E-state index in [2.05, 4.69) is 9.97 Å². The molecule has 0 aliphatic heterocycles. The smallest absolute Gasteiger partial charge is 0.359 e. The lowest BCUT2D eigenvalue weighted by atomic mass is 10.1. The van der Waals surface area contributed by atoms with Gasteiger partial charge in [-0.05, 0) is 42.8 Å². The average Bonchev–Trinajstić information content (AvgIpc) is 3.08. The van der Waals surface area contributed by atoms with E-state index in [1.807, 2.05) is 4.72 Å². The molecule has 0 aliphatic carbocycles. The molecule has 2 aromatic heterocycles. The van der Waals surface area contributed by atoms with Gasteiger partial charge >= 0.3 is 6.18 Å². The zero-order valence-electron chi connectivity index (χ0n) is 13.8. The minimum atomic E-state index is -4.74. The third kappa shape index (κ3) is 3.95. The highest BCUT2D eigenvalue weighted by molar-refractivity contribution is 7.92. The molecular formula is C17H13F4N3O2S. The molecule has 1 aromatic carbocycles. The van der Waals surface area contributed by atoms with Gasteiger partial charge in [-0.2, -0.15) is 13.2 Å². The maximum atomic E-state index is 14.0. The molecule has 3 aromatic rings. The number of rotatable bonds is 4. The van der Waals surface area contributed by atoms with Gasteiger partial charge in [0.05, 0.1) is 22.6 Å². The first-order valence-electron chi connectivity index (χ1n) is 7.58. The molecule has 0 atom stereocenters. The van der Waals surface area contributed by atoms with Crippen molar-refractivity contribution in [3.05, 3.63) is 65.7 Å². The molecule has 0 aliphatic rings. The van der Waals surface area contributed by atoms with Crippen molar-refractivity contribution in [2.75, 3.05) is 4.72 Å². The minimum absolute atomic E-state index is 0.208. The number of anilines is 1. The van der Waals surface area contributed by atoms with Crippen LogP contribution in [-0.4, -0.2) is 18.4 Å². The van der Waals surface area contributed by atoms with E-state index >= 15 is 0 Å². The van der Waals surface area contributed by atoms with Crippen LogP contribution in [0.2, 0.25) is 0 Å². The Balaban J connectivity index is 1.92. The van der Waals surface area contributed by atoms with Gasteiger partial charge in [-0.3, -0.25) is 9.71 Å². The molecule has 0 spiro atoms. The molecule has 3 rings (SSSR count). The van der Waals surface area contributed by atoms with E-state index in [9.17, 15) is 26.0 Å². The molecule has 0 radical (unpaired) electrons. The van der Waals surface area contributed by atoms with Crippen molar-refractivity contribution in [3.63, 3.8) is 0 Å². The summed E-state index contributed by atoms with van der Waals surface area (Å²) < 4.78 is 79.3. The van der Waals surface area contributed by atoms with E-state index in [0.29, 0.717) is 11.4 Å². The number of hydrogen-bond acceptors (Lipinski definition) is 3. The molecule has 0 saturated carbocycles. The SMILES string of the molecule is Cc1cc(NS(=O)(=O)c2c[nH]c(-c3ccccn3)c2)c(F)cc1C(F)(F)F. The Kier molecular flexibility index (Phi) is 4.68. The van der Waals surface area contributed by atoms with Gasteiger partial charge in [-0.25, -0.2) is 12.8 Å². The fourth-order valence-electron chi connectivity index (χ4n) is 2.47. The van der Waals surface area contributed by atoms with Crippen molar-refractivity contribution in [2.24, 2.45) is 0 Å². The molecule has 0 saturated heterocycles. The van der Waals surface area contributed by atoms with Gasteiger partial charge in [-0.15, -0.1) is 0 Å². The van der Waals surface area contributed by atoms with Gasteiger partial charge in [0.1, 0.15) is 10.7 Å². The second kappa shape index (κ2) is 6.69. The van der Waals surface area contributed by atoms with Gasteiger partial charge in [0.15, 0.2) is 0 Å². The van der Waals surface area contributed by atoms with Crippen LogP contribution in [0.15, 0.2) is 53.7 Å². The second-order valence-electron chi connectivity index (χ2n) is 5.71. The van der Waals surface area contributed by atoms with Crippen LogP contribution in [0.1, 0.15) is 11.1 Å². The van der Waals surface area contributed by atoms with Crippen molar-refractivity contribution >= 4 is 15.7 Å². The number of alkyl halides is 3. The number of sulfonamides is 1. The summed E-state index contributed by atoms with van der Waals surface area (Å²) in [7, 11) is -4.22. The fourth-order valence-corrected chi connectivity index (χ4v) is 3.52. The summed E-state index contributed by atoms with van der Waals surface area (Å²) in [6.45, 7) is 1.12. The lowest BCUT2D eigenvalue weighted by Gasteiger charge is -2.14. The Morgan fingerprint density at radius 2 is 1.89 bits per heavy atom. The van der Waals surface area contributed by atoms with Crippen LogP contribution in [0.3, 0.4) is 0 Å². The standard InChI is InChI=1S/C17H13F4N3O2S/c1-10-6-15(13(18)8-12(10)17(19,20)21)24-27(25,26)11-7-16(23-9-11)14-4-2-3-5-22-14/h2-9,23-24H,1H3. The van der Waals surface area contributed by atoms with Crippen LogP contribution in [0, 0.1) is 12.7 Å². The minimum Gasteiger partial charge on any atom is -0.359 e. The van der Waals surface area contributed by atoms with Crippen LogP contribution in [0.25, 0.3) is 11.4 Å². The highest BCUT2D eigenvalue weighted by Gasteiger charge is 2.33. The molecule has 2 N–H and O–H groups in total. The van der Waals surface area contributed by atoms with Gasteiger partial charge in [0.25, 0.3) is 10.0 Å². The summed E-state index contributed by atoms with van der Waals surface area (Å²) in [4.78, 5) is 6.61. The normalized spacial score (nSPS) is 12.2. The Bertz CT molecular complexity index is 1080. The monoisotopic (exact) mass is 399 g/mol. The van der Waals surface area contributed by atoms with E-state index in [0.717, 1.165) is 13.0 Å². The van der Waals surface area contributed by atoms with Crippen LogP contribution in [-0.2, 0) is 16.2 Å². The lowest BCUT2D eigenvalue weighted by molar-refractivity contribution is -0.138. The number of nitrogens with one attached hydrogen (secondary N) is 2. The third-order valence-electron chi connectivity index (χ3n) is 3.77. The van der Waals surface area contributed by atoms with Crippen LogP contribution < -0.4 is 4.72 Å². The number of halogens is 4. The summed E-state index contributed by atoms with van der Waals surface area (Å²) in [5, 5.41) is 0. The van der Waals surface area contributed by atoms with Crippen LogP contribution in [0.5, 0.6) is 0 Å².